The number of benzene rings is 1. The predicted molar refractivity (Wildman–Crippen MR) is 72.3 cm³/mol. The monoisotopic (exact) mass is 248 g/mol. The van der Waals surface area contributed by atoms with Crippen LogP contribution < -0.4 is 10.5 Å². The Bertz CT molecular complexity index is 467. The second kappa shape index (κ2) is 4.98. The molecule has 4 heteroatoms. The van der Waals surface area contributed by atoms with Gasteiger partial charge in [-0.15, -0.1) is 0 Å². The highest BCUT2D eigenvalue weighted by Crippen LogP contribution is 2.29. The second-order valence-electron chi connectivity index (χ2n) is 5.05. The first-order chi connectivity index (χ1) is 8.57. The van der Waals surface area contributed by atoms with Crippen molar-refractivity contribution >= 4 is 5.90 Å². The van der Waals surface area contributed by atoms with E-state index in [-0.39, 0.29) is 5.54 Å². The summed E-state index contributed by atoms with van der Waals surface area (Å²) in [5.74, 6) is 1.48. The van der Waals surface area contributed by atoms with Gasteiger partial charge in [-0.05, 0) is 38.4 Å². The molecule has 2 N–H and O–H groups in total. The van der Waals surface area contributed by atoms with Gasteiger partial charge in [0.1, 0.15) is 12.4 Å². The molecule has 0 aliphatic carbocycles. The van der Waals surface area contributed by atoms with E-state index in [0.29, 0.717) is 19.0 Å². The van der Waals surface area contributed by atoms with E-state index in [1.165, 1.54) is 0 Å². The lowest BCUT2D eigenvalue weighted by Gasteiger charge is -2.12. The number of hydrogen-bond acceptors (Lipinski definition) is 4. The Labute approximate surface area is 108 Å². The number of para-hydroxylation sites is 1. The van der Waals surface area contributed by atoms with Crippen LogP contribution in [0.4, 0.5) is 0 Å². The summed E-state index contributed by atoms with van der Waals surface area (Å²) in [6, 6.07) is 5.98. The van der Waals surface area contributed by atoms with Gasteiger partial charge in [0.25, 0.3) is 0 Å². The van der Waals surface area contributed by atoms with Crippen LogP contribution in [0, 0.1) is 0 Å². The lowest BCUT2D eigenvalue weighted by atomic mass is 10.1. The van der Waals surface area contributed by atoms with Gasteiger partial charge < -0.3 is 15.2 Å². The Balaban J connectivity index is 2.42. The molecule has 1 aliphatic rings. The molecule has 1 aliphatic heterocycles. The summed E-state index contributed by atoms with van der Waals surface area (Å²) in [7, 11) is 1.67. The normalized spacial score (nSPS) is 17.2. The van der Waals surface area contributed by atoms with Crippen molar-refractivity contribution in [2.24, 2.45) is 10.7 Å². The highest BCUT2D eigenvalue weighted by atomic mass is 16.5. The van der Waals surface area contributed by atoms with Gasteiger partial charge in [-0.3, -0.25) is 0 Å². The Morgan fingerprint density at radius 2 is 2.22 bits per heavy atom. The van der Waals surface area contributed by atoms with Crippen LogP contribution in [-0.2, 0) is 11.2 Å². The molecule has 1 aromatic rings. The van der Waals surface area contributed by atoms with Crippen molar-refractivity contribution in [1.82, 2.24) is 0 Å². The highest BCUT2D eigenvalue weighted by Gasteiger charge is 2.28. The van der Waals surface area contributed by atoms with Crippen LogP contribution in [0.5, 0.6) is 5.75 Å². The second-order valence-corrected chi connectivity index (χ2v) is 5.05. The first-order valence-corrected chi connectivity index (χ1v) is 6.16. The van der Waals surface area contributed by atoms with Gasteiger partial charge in [0.05, 0.1) is 18.2 Å². The zero-order valence-electron chi connectivity index (χ0n) is 11.2. The molecule has 0 unspecified atom stereocenters. The number of rotatable bonds is 4. The van der Waals surface area contributed by atoms with Gasteiger partial charge in [0.15, 0.2) is 0 Å². The summed E-state index contributed by atoms with van der Waals surface area (Å²) in [5, 5.41) is 0. The molecular weight excluding hydrogens is 228 g/mol. The van der Waals surface area contributed by atoms with Crippen LogP contribution in [0.25, 0.3) is 0 Å². The standard InChI is InChI=1S/C14H20N2O2/c1-14(2)9-18-13(16-14)11-6-4-5-10(7-8-15)12(11)17-3/h4-6H,7-9,15H2,1-3H3. The summed E-state index contributed by atoms with van der Waals surface area (Å²) in [5.41, 5.74) is 7.45. The van der Waals surface area contributed by atoms with E-state index < -0.39 is 0 Å². The number of methoxy groups -OCH3 is 1. The number of aliphatic imine (C=N–C) groups is 1. The number of nitrogens with zero attached hydrogens (tertiary/aromatic N) is 1. The Hall–Kier alpha value is -1.55. The van der Waals surface area contributed by atoms with E-state index in [4.69, 9.17) is 15.2 Å². The van der Waals surface area contributed by atoms with Crippen LogP contribution in [0.15, 0.2) is 23.2 Å². The average molecular weight is 248 g/mol. The summed E-state index contributed by atoms with van der Waals surface area (Å²) in [6.07, 6.45) is 0.785. The van der Waals surface area contributed by atoms with Gasteiger partial charge in [0, 0.05) is 0 Å². The van der Waals surface area contributed by atoms with E-state index in [2.05, 4.69) is 18.8 Å². The van der Waals surface area contributed by atoms with E-state index in [1.54, 1.807) is 7.11 Å². The molecule has 1 aromatic carbocycles. The number of hydrogen-bond donors (Lipinski definition) is 1. The minimum Gasteiger partial charge on any atom is -0.496 e. The minimum absolute atomic E-state index is 0.162. The van der Waals surface area contributed by atoms with Crippen molar-refractivity contribution < 1.29 is 9.47 Å². The fraction of sp³-hybridized carbons (Fsp3) is 0.500. The van der Waals surface area contributed by atoms with Crippen molar-refractivity contribution in [3.8, 4) is 5.75 Å². The third-order valence-electron chi connectivity index (χ3n) is 2.91. The van der Waals surface area contributed by atoms with E-state index in [0.717, 1.165) is 23.3 Å². The Morgan fingerprint density at radius 1 is 1.44 bits per heavy atom. The number of ether oxygens (including phenoxy) is 2. The van der Waals surface area contributed by atoms with Crippen molar-refractivity contribution in [3.05, 3.63) is 29.3 Å². The Kier molecular flexibility index (Phi) is 3.57. The molecular formula is C14H20N2O2. The zero-order chi connectivity index (χ0) is 13.2. The SMILES string of the molecule is COc1c(CCN)cccc1C1=NC(C)(C)CO1. The molecule has 0 atom stereocenters. The van der Waals surface area contributed by atoms with E-state index in [1.807, 2.05) is 18.2 Å². The third-order valence-corrected chi connectivity index (χ3v) is 2.91. The molecule has 0 saturated heterocycles. The first-order valence-electron chi connectivity index (χ1n) is 6.16. The molecule has 0 bridgehead atoms. The quantitative estimate of drug-likeness (QED) is 0.883. The molecule has 0 saturated carbocycles. The van der Waals surface area contributed by atoms with Gasteiger partial charge in [-0.1, -0.05) is 12.1 Å². The fourth-order valence-corrected chi connectivity index (χ4v) is 2.07. The van der Waals surface area contributed by atoms with Crippen LogP contribution in [0.1, 0.15) is 25.0 Å². The molecule has 0 fully saturated rings. The lowest BCUT2D eigenvalue weighted by molar-refractivity contribution is 0.278. The van der Waals surface area contributed by atoms with Gasteiger partial charge in [0.2, 0.25) is 5.90 Å². The van der Waals surface area contributed by atoms with Crippen molar-refractivity contribution in [2.75, 3.05) is 20.3 Å². The Morgan fingerprint density at radius 3 is 2.78 bits per heavy atom. The molecule has 98 valence electrons. The van der Waals surface area contributed by atoms with E-state index >= 15 is 0 Å². The summed E-state index contributed by atoms with van der Waals surface area (Å²) in [4.78, 5) is 4.58. The lowest BCUT2D eigenvalue weighted by Crippen LogP contribution is -2.17. The van der Waals surface area contributed by atoms with Gasteiger partial charge >= 0.3 is 0 Å². The van der Waals surface area contributed by atoms with Crippen LogP contribution in [0.2, 0.25) is 0 Å². The molecule has 0 spiro atoms. The molecule has 0 radical (unpaired) electrons. The predicted octanol–water partition coefficient (Wildman–Crippen LogP) is 1.75. The maximum atomic E-state index is 5.67. The van der Waals surface area contributed by atoms with Crippen LogP contribution in [0.3, 0.4) is 0 Å². The summed E-state index contributed by atoms with van der Waals surface area (Å²) >= 11 is 0. The van der Waals surface area contributed by atoms with Crippen LogP contribution >= 0.6 is 0 Å². The molecule has 0 amide bonds. The summed E-state index contributed by atoms with van der Waals surface area (Å²) < 4.78 is 11.2. The van der Waals surface area contributed by atoms with Crippen LogP contribution in [-0.4, -0.2) is 31.7 Å². The van der Waals surface area contributed by atoms with Crippen molar-refractivity contribution in [3.63, 3.8) is 0 Å². The largest absolute Gasteiger partial charge is 0.496 e. The molecule has 0 aromatic heterocycles. The highest BCUT2D eigenvalue weighted by molar-refractivity contribution is 5.98. The molecule has 1 heterocycles. The van der Waals surface area contributed by atoms with Crippen molar-refractivity contribution in [2.45, 2.75) is 25.8 Å². The maximum Gasteiger partial charge on any atom is 0.220 e. The minimum atomic E-state index is -0.162. The number of nitrogens with two attached hydrogens (primary N) is 1. The fourth-order valence-electron chi connectivity index (χ4n) is 2.07. The molecule has 2 rings (SSSR count). The van der Waals surface area contributed by atoms with Gasteiger partial charge in [-0.25, -0.2) is 4.99 Å². The van der Waals surface area contributed by atoms with Crippen molar-refractivity contribution in [1.29, 1.82) is 0 Å². The average Bonchev–Trinajstić information content (AvgIpc) is 2.70. The zero-order valence-corrected chi connectivity index (χ0v) is 11.2. The molecule has 18 heavy (non-hydrogen) atoms. The third kappa shape index (κ3) is 2.48. The smallest absolute Gasteiger partial charge is 0.220 e. The maximum absolute atomic E-state index is 5.67. The molecule has 4 nitrogen and oxygen atoms in total. The summed E-state index contributed by atoms with van der Waals surface area (Å²) in [6.45, 7) is 5.30. The van der Waals surface area contributed by atoms with Gasteiger partial charge in [-0.2, -0.15) is 0 Å². The first kappa shape index (κ1) is 12.9. The topological polar surface area (TPSA) is 56.8 Å². The van der Waals surface area contributed by atoms with E-state index in [9.17, 15) is 0 Å².